The molecule has 7 nitrogen and oxygen atoms in total. The molecule has 0 spiro atoms. The summed E-state index contributed by atoms with van der Waals surface area (Å²) in [5.41, 5.74) is 1.85. The summed E-state index contributed by atoms with van der Waals surface area (Å²) in [4.78, 5) is 12.8. The van der Waals surface area contributed by atoms with Crippen molar-refractivity contribution in [2.45, 2.75) is 30.6 Å². The molecule has 1 aliphatic rings. The first-order valence-electron chi connectivity index (χ1n) is 9.91. The smallest absolute Gasteiger partial charge is 0.243 e. The maximum atomic E-state index is 12.9. The number of piperidine rings is 1. The Hall–Kier alpha value is -2.84. The highest BCUT2D eigenvalue weighted by Gasteiger charge is 2.26. The van der Waals surface area contributed by atoms with Gasteiger partial charge in [0.1, 0.15) is 11.3 Å². The summed E-state index contributed by atoms with van der Waals surface area (Å²) < 4.78 is 38.0. The van der Waals surface area contributed by atoms with Crippen LogP contribution >= 0.6 is 0 Å². The molecule has 0 aliphatic carbocycles. The lowest BCUT2D eigenvalue weighted by molar-refractivity contribution is -0.115. The van der Waals surface area contributed by atoms with Crippen LogP contribution < -0.4 is 10.1 Å². The Morgan fingerprint density at radius 1 is 1.13 bits per heavy atom. The number of furan rings is 1. The number of hydrogen-bond donors (Lipinski definition) is 1. The predicted molar refractivity (Wildman–Crippen MR) is 114 cm³/mol. The van der Waals surface area contributed by atoms with Gasteiger partial charge in [0.15, 0.2) is 0 Å². The number of nitrogens with zero attached hydrogens (tertiary/aromatic N) is 1. The topological polar surface area (TPSA) is 88.8 Å². The van der Waals surface area contributed by atoms with E-state index in [1.165, 1.54) is 10.4 Å². The van der Waals surface area contributed by atoms with Crippen molar-refractivity contribution >= 4 is 32.6 Å². The maximum absolute atomic E-state index is 12.9. The number of fused-ring (bicyclic) bond motifs is 1. The zero-order valence-corrected chi connectivity index (χ0v) is 17.6. The predicted octanol–water partition coefficient (Wildman–Crippen LogP) is 3.80. The quantitative estimate of drug-likeness (QED) is 0.645. The van der Waals surface area contributed by atoms with E-state index in [0.717, 1.165) is 30.2 Å². The molecular formula is C22H24N2O5S. The number of carbonyl (C=O) groups is 1. The van der Waals surface area contributed by atoms with Crippen LogP contribution in [0.3, 0.4) is 0 Å². The molecule has 0 unspecified atom stereocenters. The van der Waals surface area contributed by atoms with Gasteiger partial charge in [-0.25, -0.2) is 8.42 Å². The number of benzene rings is 2. The van der Waals surface area contributed by atoms with Crippen LogP contribution in [0.15, 0.2) is 58.0 Å². The molecule has 0 saturated carbocycles. The van der Waals surface area contributed by atoms with E-state index in [-0.39, 0.29) is 17.2 Å². The molecule has 1 N–H and O–H groups in total. The van der Waals surface area contributed by atoms with Gasteiger partial charge >= 0.3 is 0 Å². The molecule has 1 aliphatic heterocycles. The molecule has 3 aromatic rings. The minimum Gasteiger partial charge on any atom is -0.497 e. The van der Waals surface area contributed by atoms with Crippen molar-refractivity contribution in [1.82, 2.24) is 4.31 Å². The number of ether oxygens (including phenoxy) is 1. The van der Waals surface area contributed by atoms with E-state index in [9.17, 15) is 13.2 Å². The molecule has 1 amide bonds. The van der Waals surface area contributed by atoms with E-state index in [1.807, 2.05) is 12.1 Å². The van der Waals surface area contributed by atoms with Gasteiger partial charge in [-0.2, -0.15) is 4.31 Å². The van der Waals surface area contributed by atoms with Crippen LogP contribution in [0.2, 0.25) is 0 Å². The lowest BCUT2D eigenvalue weighted by Crippen LogP contribution is -2.35. The van der Waals surface area contributed by atoms with Gasteiger partial charge in [-0.05, 0) is 43.2 Å². The molecule has 4 rings (SSSR count). The van der Waals surface area contributed by atoms with Crippen LogP contribution in [0.4, 0.5) is 5.69 Å². The van der Waals surface area contributed by atoms with Crippen molar-refractivity contribution in [3.63, 3.8) is 0 Å². The Morgan fingerprint density at radius 3 is 2.70 bits per heavy atom. The van der Waals surface area contributed by atoms with Gasteiger partial charge in [-0.15, -0.1) is 0 Å². The van der Waals surface area contributed by atoms with Crippen LogP contribution in [0.25, 0.3) is 11.0 Å². The molecule has 1 aromatic heterocycles. The van der Waals surface area contributed by atoms with Gasteiger partial charge in [-0.3, -0.25) is 4.79 Å². The average Bonchev–Trinajstić information content (AvgIpc) is 3.16. The van der Waals surface area contributed by atoms with Gasteiger partial charge in [0.25, 0.3) is 0 Å². The molecule has 1 fully saturated rings. The SMILES string of the molecule is COc1ccc2c(CC(=O)Nc3cccc(S(=O)(=O)N4CCCCC4)c3)coc2c1. The number of carbonyl (C=O) groups excluding carboxylic acids is 1. The lowest BCUT2D eigenvalue weighted by Gasteiger charge is -2.26. The number of hydrogen-bond acceptors (Lipinski definition) is 5. The fourth-order valence-electron chi connectivity index (χ4n) is 3.69. The third-order valence-corrected chi connectivity index (χ3v) is 7.18. The number of anilines is 1. The van der Waals surface area contributed by atoms with Gasteiger partial charge < -0.3 is 14.5 Å². The van der Waals surface area contributed by atoms with Crippen molar-refractivity contribution in [2.75, 3.05) is 25.5 Å². The van der Waals surface area contributed by atoms with Crippen molar-refractivity contribution in [2.24, 2.45) is 0 Å². The third kappa shape index (κ3) is 4.20. The number of amides is 1. The molecule has 8 heteroatoms. The van der Waals surface area contributed by atoms with Crippen LogP contribution in [0, 0.1) is 0 Å². The van der Waals surface area contributed by atoms with E-state index < -0.39 is 10.0 Å². The monoisotopic (exact) mass is 428 g/mol. The Balaban J connectivity index is 1.48. The van der Waals surface area contributed by atoms with Gasteiger partial charge in [0.2, 0.25) is 15.9 Å². The number of nitrogens with one attached hydrogen (secondary N) is 1. The van der Waals surface area contributed by atoms with Gasteiger partial charge in [0.05, 0.1) is 24.7 Å². The fourth-order valence-corrected chi connectivity index (χ4v) is 5.26. The second-order valence-corrected chi connectivity index (χ2v) is 9.28. The molecule has 2 heterocycles. The summed E-state index contributed by atoms with van der Waals surface area (Å²) in [6.07, 6.45) is 4.47. The zero-order chi connectivity index (χ0) is 21.1. The molecular weight excluding hydrogens is 404 g/mol. The summed E-state index contributed by atoms with van der Waals surface area (Å²) in [6, 6.07) is 11.8. The number of rotatable bonds is 6. The average molecular weight is 429 g/mol. The van der Waals surface area contributed by atoms with E-state index >= 15 is 0 Å². The highest BCUT2D eigenvalue weighted by atomic mass is 32.2. The second-order valence-electron chi connectivity index (χ2n) is 7.34. The fraction of sp³-hybridized carbons (Fsp3) is 0.318. The highest BCUT2D eigenvalue weighted by Crippen LogP contribution is 2.27. The number of methoxy groups -OCH3 is 1. The van der Waals surface area contributed by atoms with Gasteiger partial charge in [-0.1, -0.05) is 12.5 Å². The Bertz CT molecular complexity index is 1160. The minimum atomic E-state index is -3.55. The minimum absolute atomic E-state index is 0.114. The molecule has 0 bridgehead atoms. The molecule has 0 radical (unpaired) electrons. The summed E-state index contributed by atoms with van der Waals surface area (Å²) in [7, 11) is -1.97. The van der Waals surface area contributed by atoms with Crippen LogP contribution in [-0.2, 0) is 21.2 Å². The Morgan fingerprint density at radius 2 is 1.93 bits per heavy atom. The van der Waals surface area contributed by atoms with E-state index in [4.69, 9.17) is 9.15 Å². The van der Waals surface area contributed by atoms with Crippen molar-refractivity contribution < 1.29 is 22.4 Å². The number of sulfonamides is 1. The van der Waals surface area contributed by atoms with Crippen LogP contribution in [-0.4, -0.2) is 38.8 Å². The molecule has 2 aromatic carbocycles. The standard InChI is InChI=1S/C22H24N2O5S/c1-28-18-8-9-20-16(15-29-21(20)14-18)12-22(25)23-17-6-5-7-19(13-17)30(26,27)24-10-3-2-4-11-24/h5-9,13-15H,2-4,10-12H2,1H3,(H,23,25). The summed E-state index contributed by atoms with van der Waals surface area (Å²) >= 11 is 0. The second kappa shape index (κ2) is 8.49. The maximum Gasteiger partial charge on any atom is 0.243 e. The summed E-state index contributed by atoms with van der Waals surface area (Å²) in [5.74, 6) is 0.431. The third-order valence-electron chi connectivity index (χ3n) is 5.28. The van der Waals surface area contributed by atoms with Crippen LogP contribution in [0.5, 0.6) is 5.75 Å². The molecule has 0 atom stereocenters. The van der Waals surface area contributed by atoms with E-state index in [0.29, 0.717) is 30.1 Å². The van der Waals surface area contributed by atoms with Crippen molar-refractivity contribution in [1.29, 1.82) is 0 Å². The normalized spacial score (nSPS) is 15.2. The van der Waals surface area contributed by atoms with Crippen LogP contribution in [0.1, 0.15) is 24.8 Å². The first-order chi connectivity index (χ1) is 14.5. The molecule has 1 saturated heterocycles. The zero-order valence-electron chi connectivity index (χ0n) is 16.8. The summed E-state index contributed by atoms with van der Waals surface area (Å²) in [6.45, 7) is 1.08. The van der Waals surface area contributed by atoms with Crippen molar-refractivity contribution in [3.8, 4) is 5.75 Å². The summed E-state index contributed by atoms with van der Waals surface area (Å²) in [5, 5.41) is 3.63. The largest absolute Gasteiger partial charge is 0.497 e. The van der Waals surface area contributed by atoms with E-state index in [2.05, 4.69) is 5.32 Å². The molecule has 158 valence electrons. The molecule has 30 heavy (non-hydrogen) atoms. The highest BCUT2D eigenvalue weighted by molar-refractivity contribution is 7.89. The van der Waals surface area contributed by atoms with Crippen molar-refractivity contribution in [3.05, 3.63) is 54.3 Å². The van der Waals surface area contributed by atoms with E-state index in [1.54, 1.807) is 37.6 Å². The Kier molecular flexibility index (Phi) is 5.78. The first-order valence-corrected chi connectivity index (χ1v) is 11.4. The first kappa shape index (κ1) is 20.4. The van der Waals surface area contributed by atoms with Gasteiger partial charge in [0, 0.05) is 35.8 Å². The Labute approximate surface area is 175 Å². The lowest BCUT2D eigenvalue weighted by atomic mass is 10.1.